The number of benzene rings is 6. The van der Waals surface area contributed by atoms with Gasteiger partial charge in [0.05, 0.1) is 33.9 Å². The molecule has 4 nitrogen and oxygen atoms in total. The fourth-order valence-electron chi connectivity index (χ4n) is 6.38. The highest BCUT2D eigenvalue weighted by molar-refractivity contribution is 7.25. The summed E-state index contributed by atoms with van der Waals surface area (Å²) in [6.07, 6.45) is 0. The van der Waals surface area contributed by atoms with E-state index in [9.17, 15) is 5.26 Å². The van der Waals surface area contributed by atoms with E-state index in [0.29, 0.717) is 11.5 Å². The molecule has 0 aliphatic rings. The highest BCUT2D eigenvalue weighted by atomic mass is 32.1. The monoisotopic (exact) mass is 578 g/mol. The molecule has 0 saturated heterocycles. The van der Waals surface area contributed by atoms with Gasteiger partial charge in [-0.3, -0.25) is 4.57 Å². The summed E-state index contributed by atoms with van der Waals surface area (Å²) in [6.45, 7) is 0. The van der Waals surface area contributed by atoms with Gasteiger partial charge in [0.2, 0.25) is 5.95 Å². The lowest BCUT2D eigenvalue weighted by Crippen LogP contribution is -2.03. The molecule has 0 bridgehead atoms. The lowest BCUT2D eigenvalue weighted by Gasteiger charge is -2.12. The van der Waals surface area contributed by atoms with Crippen LogP contribution in [0.5, 0.6) is 0 Å². The Morgan fingerprint density at radius 2 is 1.27 bits per heavy atom. The van der Waals surface area contributed by atoms with Gasteiger partial charge in [-0.25, -0.2) is 9.97 Å². The zero-order valence-corrected chi connectivity index (χ0v) is 24.2. The third kappa shape index (κ3) is 3.75. The fourth-order valence-corrected chi connectivity index (χ4v) is 7.50. The Morgan fingerprint density at radius 1 is 0.523 bits per heavy atom. The average molecular weight is 579 g/mol. The zero-order chi connectivity index (χ0) is 29.2. The van der Waals surface area contributed by atoms with Crippen molar-refractivity contribution >= 4 is 64.2 Å². The van der Waals surface area contributed by atoms with Crippen LogP contribution in [0.25, 0.3) is 81.2 Å². The van der Waals surface area contributed by atoms with E-state index in [1.54, 1.807) is 0 Å². The van der Waals surface area contributed by atoms with Crippen LogP contribution < -0.4 is 0 Å². The summed E-state index contributed by atoms with van der Waals surface area (Å²) in [4.78, 5) is 10.4. The largest absolute Gasteiger partial charge is 0.278 e. The van der Waals surface area contributed by atoms with Crippen LogP contribution in [0.15, 0.2) is 133 Å². The summed E-state index contributed by atoms with van der Waals surface area (Å²) in [5.41, 5.74) is 7.69. The zero-order valence-electron chi connectivity index (χ0n) is 23.4. The normalized spacial score (nSPS) is 11.6. The van der Waals surface area contributed by atoms with Gasteiger partial charge in [0, 0.05) is 41.9 Å². The van der Waals surface area contributed by atoms with Crippen LogP contribution in [-0.2, 0) is 0 Å². The SMILES string of the molecule is N#Cc1cccc(-c2ccc(-c3nc(-n4c5ccccc5c5cc6sc7ccccc7c6cc54)nc4ccccc34)cc2)c1. The van der Waals surface area contributed by atoms with Crippen molar-refractivity contribution in [1.82, 2.24) is 14.5 Å². The fraction of sp³-hybridized carbons (Fsp3) is 0. The minimum atomic E-state index is 0.648. The van der Waals surface area contributed by atoms with Gasteiger partial charge in [-0.15, -0.1) is 11.3 Å². The van der Waals surface area contributed by atoms with Crippen LogP contribution in [0, 0.1) is 11.3 Å². The molecule has 44 heavy (non-hydrogen) atoms. The summed E-state index contributed by atoms with van der Waals surface area (Å²) >= 11 is 1.84. The van der Waals surface area contributed by atoms with E-state index in [1.165, 1.54) is 30.9 Å². The molecule has 0 fully saturated rings. The van der Waals surface area contributed by atoms with Gasteiger partial charge in [0.1, 0.15) is 0 Å². The van der Waals surface area contributed by atoms with E-state index >= 15 is 0 Å². The van der Waals surface area contributed by atoms with E-state index < -0.39 is 0 Å². The van der Waals surface area contributed by atoms with Gasteiger partial charge < -0.3 is 0 Å². The molecule has 9 rings (SSSR count). The molecule has 0 N–H and O–H groups in total. The van der Waals surface area contributed by atoms with Crippen molar-refractivity contribution < 1.29 is 0 Å². The Hall–Kier alpha value is -5.83. The summed E-state index contributed by atoms with van der Waals surface area (Å²) in [5.74, 6) is 0.648. The molecular weight excluding hydrogens is 557 g/mol. The van der Waals surface area contributed by atoms with E-state index in [1.807, 2.05) is 47.7 Å². The Bertz CT molecular complexity index is 2620. The first kappa shape index (κ1) is 24.7. The molecule has 0 aliphatic carbocycles. The number of aromatic nitrogens is 3. The molecular formula is C39H22N4S. The lowest BCUT2D eigenvalue weighted by atomic mass is 10.00. The molecule has 5 heteroatoms. The van der Waals surface area contributed by atoms with Crippen LogP contribution in [0.3, 0.4) is 0 Å². The maximum absolute atomic E-state index is 9.36. The second-order valence-electron chi connectivity index (χ2n) is 11.0. The number of para-hydroxylation sites is 2. The van der Waals surface area contributed by atoms with Gasteiger partial charge in [0.25, 0.3) is 0 Å². The second kappa shape index (κ2) is 9.60. The Balaban J connectivity index is 1.29. The van der Waals surface area contributed by atoms with Gasteiger partial charge in [-0.2, -0.15) is 5.26 Å². The molecule has 6 aromatic carbocycles. The van der Waals surface area contributed by atoms with Gasteiger partial charge in [-0.1, -0.05) is 91.0 Å². The third-order valence-corrected chi connectivity index (χ3v) is 9.58. The van der Waals surface area contributed by atoms with E-state index in [4.69, 9.17) is 9.97 Å². The number of nitriles is 1. The first-order chi connectivity index (χ1) is 21.7. The molecule has 0 aliphatic heterocycles. The molecule has 0 amide bonds. The van der Waals surface area contributed by atoms with Crippen LogP contribution in [-0.4, -0.2) is 14.5 Å². The number of nitrogens with zero attached hydrogens (tertiary/aromatic N) is 4. The lowest BCUT2D eigenvalue weighted by molar-refractivity contribution is 1.01. The molecule has 0 saturated carbocycles. The second-order valence-corrected chi connectivity index (χ2v) is 12.1. The van der Waals surface area contributed by atoms with Crippen molar-refractivity contribution in [2.45, 2.75) is 0 Å². The van der Waals surface area contributed by atoms with E-state index in [2.05, 4.69) is 108 Å². The van der Waals surface area contributed by atoms with Crippen LogP contribution >= 0.6 is 11.3 Å². The Labute approximate surface area is 256 Å². The van der Waals surface area contributed by atoms with Crippen LogP contribution in [0.1, 0.15) is 5.56 Å². The first-order valence-corrected chi connectivity index (χ1v) is 15.3. The summed E-state index contributed by atoms with van der Waals surface area (Å²) in [7, 11) is 0. The Kier molecular flexibility index (Phi) is 5.40. The standard InChI is InChI=1S/C39H22N4S/c40-23-24-8-7-9-27(20-24)25-16-18-26(19-17-25)38-30-12-1-4-13-33(30)41-39(42-38)43-34-14-5-2-10-28(34)31-22-37-32(21-35(31)43)29-11-3-6-15-36(29)44-37/h1-22H. The van der Waals surface area contributed by atoms with Crippen molar-refractivity contribution in [3.05, 3.63) is 139 Å². The number of thiophene rings is 1. The number of rotatable bonds is 3. The van der Waals surface area contributed by atoms with Crippen molar-refractivity contribution in [3.8, 4) is 34.4 Å². The molecule has 9 aromatic rings. The molecule has 3 heterocycles. The maximum atomic E-state index is 9.36. The minimum Gasteiger partial charge on any atom is -0.278 e. The minimum absolute atomic E-state index is 0.648. The third-order valence-electron chi connectivity index (χ3n) is 8.45. The summed E-state index contributed by atoms with van der Waals surface area (Å²) in [5, 5.41) is 15.3. The highest BCUT2D eigenvalue weighted by Gasteiger charge is 2.19. The van der Waals surface area contributed by atoms with Gasteiger partial charge >= 0.3 is 0 Å². The van der Waals surface area contributed by atoms with Crippen LogP contribution in [0.2, 0.25) is 0 Å². The summed E-state index contributed by atoms with van der Waals surface area (Å²) < 4.78 is 4.79. The molecule has 204 valence electrons. The maximum Gasteiger partial charge on any atom is 0.235 e. The van der Waals surface area contributed by atoms with Gasteiger partial charge in [0.15, 0.2) is 0 Å². The van der Waals surface area contributed by atoms with Crippen LogP contribution in [0.4, 0.5) is 0 Å². The smallest absolute Gasteiger partial charge is 0.235 e. The quantitative estimate of drug-likeness (QED) is 0.210. The Morgan fingerprint density at radius 3 is 2.14 bits per heavy atom. The van der Waals surface area contributed by atoms with Crippen molar-refractivity contribution in [3.63, 3.8) is 0 Å². The van der Waals surface area contributed by atoms with Crippen molar-refractivity contribution in [2.24, 2.45) is 0 Å². The molecule has 0 spiro atoms. The number of fused-ring (bicyclic) bond motifs is 7. The predicted octanol–water partition coefficient (Wildman–Crippen LogP) is 10.3. The topological polar surface area (TPSA) is 54.5 Å². The number of hydrogen-bond acceptors (Lipinski definition) is 4. The van der Waals surface area contributed by atoms with Gasteiger partial charge in [-0.05, 0) is 53.6 Å². The van der Waals surface area contributed by atoms with E-state index in [-0.39, 0.29) is 0 Å². The molecule has 0 unspecified atom stereocenters. The molecule has 0 radical (unpaired) electrons. The van der Waals surface area contributed by atoms with E-state index in [0.717, 1.165) is 44.3 Å². The summed E-state index contributed by atoms with van der Waals surface area (Å²) in [6, 6.07) is 48.4. The predicted molar refractivity (Wildman–Crippen MR) is 182 cm³/mol. The molecule has 0 atom stereocenters. The van der Waals surface area contributed by atoms with Crippen molar-refractivity contribution in [2.75, 3.05) is 0 Å². The average Bonchev–Trinajstić information content (AvgIpc) is 3.61. The van der Waals surface area contributed by atoms with Crippen molar-refractivity contribution in [1.29, 1.82) is 5.26 Å². The molecule has 3 aromatic heterocycles. The first-order valence-electron chi connectivity index (χ1n) is 14.5. The number of hydrogen-bond donors (Lipinski definition) is 0. The highest BCUT2D eigenvalue weighted by Crippen LogP contribution is 2.40.